The van der Waals surface area contributed by atoms with E-state index >= 15 is 0 Å². The largest absolute Gasteiger partial charge is 0.360 e. The van der Waals surface area contributed by atoms with E-state index in [0.717, 1.165) is 35.9 Å². The average molecular weight is 310 g/mol. The first-order valence-corrected chi connectivity index (χ1v) is 8.83. The van der Waals surface area contributed by atoms with Gasteiger partial charge in [-0.25, -0.2) is 4.98 Å². The van der Waals surface area contributed by atoms with E-state index in [-0.39, 0.29) is 0 Å². The molecule has 0 saturated carbocycles. The third kappa shape index (κ3) is 3.76. The minimum absolute atomic E-state index is 0.605. The van der Waals surface area contributed by atoms with Crippen LogP contribution in [0.15, 0.2) is 0 Å². The van der Waals surface area contributed by atoms with Crippen molar-refractivity contribution in [3.05, 3.63) is 10.7 Å². The molecule has 1 N–H and O–H groups in total. The van der Waals surface area contributed by atoms with Gasteiger partial charge in [0, 0.05) is 6.54 Å². The predicted octanol–water partition coefficient (Wildman–Crippen LogP) is 4.24. The molecule has 0 aliphatic heterocycles. The molecule has 0 radical (unpaired) electrons. The minimum Gasteiger partial charge on any atom is -0.360 e. The van der Waals surface area contributed by atoms with Crippen molar-refractivity contribution in [2.45, 2.75) is 47.0 Å². The van der Waals surface area contributed by atoms with Gasteiger partial charge >= 0.3 is 0 Å². The summed E-state index contributed by atoms with van der Waals surface area (Å²) in [6.45, 7) is 9.63. The second-order valence-corrected chi connectivity index (χ2v) is 7.24. The van der Waals surface area contributed by atoms with Crippen LogP contribution in [-0.4, -0.2) is 21.7 Å². The molecule has 0 spiro atoms. The number of aromatic nitrogens is 3. The van der Waals surface area contributed by atoms with Gasteiger partial charge in [0.15, 0.2) is 5.01 Å². The molecule has 0 aliphatic rings. The van der Waals surface area contributed by atoms with Crippen LogP contribution in [-0.2, 0) is 12.8 Å². The van der Waals surface area contributed by atoms with Crippen molar-refractivity contribution >= 4 is 27.8 Å². The molecular formula is C14H22N4S2. The smallest absolute Gasteiger partial charge is 0.206 e. The van der Waals surface area contributed by atoms with Crippen LogP contribution in [0.2, 0.25) is 0 Å². The Kier molecular flexibility index (Phi) is 5.48. The maximum atomic E-state index is 4.72. The fraction of sp³-hybridized carbons (Fsp3) is 0.643. The summed E-state index contributed by atoms with van der Waals surface area (Å²) in [6.07, 6.45) is 3.11. The number of nitrogens with one attached hydrogen (secondary N) is 1. The number of nitrogens with zero attached hydrogens (tertiary/aromatic N) is 3. The zero-order valence-corrected chi connectivity index (χ0v) is 14.2. The first-order chi connectivity index (χ1) is 9.63. The van der Waals surface area contributed by atoms with E-state index in [4.69, 9.17) is 4.98 Å². The first-order valence-electron chi connectivity index (χ1n) is 7.20. The topological polar surface area (TPSA) is 50.7 Å². The molecule has 0 saturated heterocycles. The fourth-order valence-electron chi connectivity index (χ4n) is 1.80. The van der Waals surface area contributed by atoms with Crippen molar-refractivity contribution in [1.82, 2.24) is 15.2 Å². The highest BCUT2D eigenvalue weighted by Gasteiger charge is 2.16. The summed E-state index contributed by atoms with van der Waals surface area (Å²) in [5.41, 5.74) is 1.18. The van der Waals surface area contributed by atoms with Gasteiger partial charge in [-0.1, -0.05) is 45.5 Å². The molecule has 2 heterocycles. The molecule has 0 aromatic carbocycles. The van der Waals surface area contributed by atoms with Crippen molar-refractivity contribution in [2.24, 2.45) is 5.92 Å². The zero-order valence-electron chi connectivity index (χ0n) is 12.6. The van der Waals surface area contributed by atoms with Gasteiger partial charge in [0.1, 0.15) is 0 Å². The van der Waals surface area contributed by atoms with Crippen LogP contribution in [0, 0.1) is 5.92 Å². The van der Waals surface area contributed by atoms with E-state index in [1.165, 1.54) is 15.6 Å². The maximum absolute atomic E-state index is 4.72. The Hall–Kier alpha value is -1.01. The molecule has 0 unspecified atom stereocenters. The van der Waals surface area contributed by atoms with Gasteiger partial charge in [-0.05, 0) is 18.8 Å². The van der Waals surface area contributed by atoms with Crippen LogP contribution in [0.5, 0.6) is 0 Å². The highest BCUT2D eigenvalue weighted by Crippen LogP contribution is 2.34. The Labute approximate surface area is 128 Å². The molecule has 0 atom stereocenters. The van der Waals surface area contributed by atoms with Crippen molar-refractivity contribution in [3.63, 3.8) is 0 Å². The van der Waals surface area contributed by atoms with Crippen molar-refractivity contribution < 1.29 is 0 Å². The number of rotatable bonds is 7. The number of aryl methyl sites for hydroxylation is 2. The lowest BCUT2D eigenvalue weighted by Gasteiger charge is -2.03. The third-order valence-corrected chi connectivity index (χ3v) is 5.09. The summed E-state index contributed by atoms with van der Waals surface area (Å²) < 4.78 is 0. The van der Waals surface area contributed by atoms with Gasteiger partial charge in [-0.15, -0.1) is 21.5 Å². The van der Waals surface area contributed by atoms with Gasteiger partial charge < -0.3 is 5.32 Å². The van der Waals surface area contributed by atoms with E-state index in [9.17, 15) is 0 Å². The van der Waals surface area contributed by atoms with Crippen molar-refractivity contribution in [2.75, 3.05) is 11.9 Å². The standard InChI is InChI=1S/C14H22N4S2/c1-5-7-10-12(19-11(6-2)16-10)13-17-18-14(20-13)15-8-9(3)4/h9H,5-8H2,1-4H3,(H,15,18). The monoisotopic (exact) mass is 310 g/mol. The molecule has 4 nitrogen and oxygen atoms in total. The molecular weight excluding hydrogens is 288 g/mol. The van der Waals surface area contributed by atoms with E-state index in [0.29, 0.717) is 5.92 Å². The Morgan fingerprint density at radius 1 is 1.15 bits per heavy atom. The van der Waals surface area contributed by atoms with Crippen LogP contribution >= 0.6 is 22.7 Å². The second kappa shape index (κ2) is 7.13. The molecule has 110 valence electrons. The summed E-state index contributed by atoms with van der Waals surface area (Å²) in [5.74, 6) is 0.605. The van der Waals surface area contributed by atoms with Crippen molar-refractivity contribution in [3.8, 4) is 9.88 Å². The summed E-state index contributed by atoms with van der Waals surface area (Å²) in [6, 6.07) is 0. The molecule has 2 rings (SSSR count). The van der Waals surface area contributed by atoms with Crippen LogP contribution < -0.4 is 5.32 Å². The van der Waals surface area contributed by atoms with E-state index in [1.807, 2.05) is 0 Å². The molecule has 0 fully saturated rings. The maximum Gasteiger partial charge on any atom is 0.206 e. The van der Waals surface area contributed by atoms with E-state index in [1.54, 1.807) is 22.7 Å². The lowest BCUT2D eigenvalue weighted by molar-refractivity contribution is 0.687. The average Bonchev–Trinajstić information content (AvgIpc) is 3.03. The van der Waals surface area contributed by atoms with Crippen molar-refractivity contribution in [1.29, 1.82) is 0 Å². The number of hydrogen-bond donors (Lipinski definition) is 1. The van der Waals surface area contributed by atoms with E-state index in [2.05, 4.69) is 43.2 Å². The fourth-order valence-corrected chi connectivity index (χ4v) is 3.70. The van der Waals surface area contributed by atoms with Crippen LogP contribution in [0.4, 0.5) is 5.13 Å². The summed E-state index contributed by atoms with van der Waals surface area (Å²) in [4.78, 5) is 5.92. The summed E-state index contributed by atoms with van der Waals surface area (Å²) in [7, 11) is 0. The first kappa shape index (κ1) is 15.4. The Morgan fingerprint density at radius 3 is 2.60 bits per heavy atom. The Balaban J connectivity index is 2.20. The van der Waals surface area contributed by atoms with Crippen LogP contribution in [0.25, 0.3) is 9.88 Å². The number of anilines is 1. The van der Waals surface area contributed by atoms with Crippen LogP contribution in [0.1, 0.15) is 44.8 Å². The van der Waals surface area contributed by atoms with Gasteiger partial charge in [0.25, 0.3) is 0 Å². The quantitative estimate of drug-likeness (QED) is 0.831. The highest BCUT2D eigenvalue weighted by atomic mass is 32.1. The Bertz CT molecular complexity index is 545. The lowest BCUT2D eigenvalue weighted by Crippen LogP contribution is -2.07. The molecule has 0 aliphatic carbocycles. The number of thiazole rings is 1. The summed E-state index contributed by atoms with van der Waals surface area (Å²) >= 11 is 3.39. The SMILES string of the molecule is CCCc1nc(CC)sc1-c1nnc(NCC(C)C)s1. The number of hydrogen-bond acceptors (Lipinski definition) is 6. The molecule has 6 heteroatoms. The zero-order chi connectivity index (χ0) is 14.5. The predicted molar refractivity (Wildman–Crippen MR) is 87.7 cm³/mol. The molecule has 0 bridgehead atoms. The minimum atomic E-state index is 0.605. The third-order valence-electron chi connectivity index (χ3n) is 2.81. The molecule has 2 aromatic rings. The molecule has 0 amide bonds. The van der Waals surface area contributed by atoms with E-state index < -0.39 is 0 Å². The van der Waals surface area contributed by atoms with Gasteiger partial charge in [-0.2, -0.15) is 0 Å². The molecule has 20 heavy (non-hydrogen) atoms. The highest BCUT2D eigenvalue weighted by molar-refractivity contribution is 7.23. The normalized spacial score (nSPS) is 11.2. The van der Waals surface area contributed by atoms with Gasteiger partial charge in [0.2, 0.25) is 5.13 Å². The van der Waals surface area contributed by atoms with Gasteiger partial charge in [0.05, 0.1) is 15.6 Å². The lowest BCUT2D eigenvalue weighted by atomic mass is 10.2. The van der Waals surface area contributed by atoms with Gasteiger partial charge in [-0.3, -0.25) is 0 Å². The molecule has 2 aromatic heterocycles. The van der Waals surface area contributed by atoms with Crippen LogP contribution in [0.3, 0.4) is 0 Å². The summed E-state index contributed by atoms with van der Waals surface area (Å²) in [5, 5.41) is 15.0. The Morgan fingerprint density at radius 2 is 1.95 bits per heavy atom. The second-order valence-electron chi connectivity index (χ2n) is 5.17.